The highest BCUT2D eigenvalue weighted by Gasteiger charge is 2.20. The van der Waals surface area contributed by atoms with E-state index in [4.69, 9.17) is 10.5 Å². The number of nitrogens with zero attached hydrogens (tertiary/aromatic N) is 3. The molecule has 0 unspecified atom stereocenters. The number of urea groups is 1. The summed E-state index contributed by atoms with van der Waals surface area (Å²) in [4.78, 5) is 36.3. The number of methoxy groups -OCH3 is 1. The molecule has 0 fully saturated rings. The minimum atomic E-state index is -0.935. The Morgan fingerprint density at radius 3 is 2.59 bits per heavy atom. The van der Waals surface area contributed by atoms with Crippen LogP contribution in [0.15, 0.2) is 41.8 Å². The van der Waals surface area contributed by atoms with Crippen molar-refractivity contribution in [3.05, 3.63) is 59.0 Å². The molecule has 0 aliphatic carbocycles. The van der Waals surface area contributed by atoms with Gasteiger partial charge in [-0.15, -0.1) is 11.3 Å². The van der Waals surface area contributed by atoms with Gasteiger partial charge in [0, 0.05) is 35.7 Å². The van der Waals surface area contributed by atoms with E-state index in [1.54, 1.807) is 23.6 Å². The Kier molecular flexibility index (Phi) is 9.81. The summed E-state index contributed by atoms with van der Waals surface area (Å²) in [5.74, 6) is -1.76. The Labute approximate surface area is 243 Å². The molecule has 4 rings (SSSR count). The fraction of sp³-hybridized carbons (Fsp3) is 0.259. The maximum Gasteiger partial charge on any atom is 0.321 e. The number of hydrogen-bond donors (Lipinski definition) is 4. The number of halogens is 2. The van der Waals surface area contributed by atoms with E-state index in [2.05, 4.69) is 44.7 Å². The van der Waals surface area contributed by atoms with Crippen molar-refractivity contribution in [1.29, 1.82) is 0 Å². The van der Waals surface area contributed by atoms with Crippen LogP contribution in [0, 0.1) is 11.6 Å². The van der Waals surface area contributed by atoms with Gasteiger partial charge in [0.15, 0.2) is 5.13 Å². The van der Waals surface area contributed by atoms with Gasteiger partial charge in [-0.25, -0.2) is 23.5 Å². The fourth-order valence-electron chi connectivity index (χ4n) is 3.85. The van der Waals surface area contributed by atoms with Crippen LogP contribution in [0.4, 0.5) is 30.2 Å². The third-order valence-electron chi connectivity index (χ3n) is 6.09. The van der Waals surface area contributed by atoms with E-state index in [1.165, 1.54) is 30.6 Å². The third-order valence-corrected chi connectivity index (χ3v) is 8.08. The number of rotatable bonds is 11. The van der Waals surface area contributed by atoms with Crippen LogP contribution in [0.2, 0.25) is 0 Å². The van der Waals surface area contributed by atoms with Crippen LogP contribution in [0.1, 0.15) is 24.2 Å². The largest absolute Gasteiger partial charge is 0.497 e. The van der Waals surface area contributed by atoms with E-state index in [-0.39, 0.29) is 33.5 Å². The number of anilines is 3. The Morgan fingerprint density at radius 2 is 1.85 bits per heavy atom. The van der Waals surface area contributed by atoms with E-state index in [0.29, 0.717) is 28.2 Å². The van der Waals surface area contributed by atoms with Crippen molar-refractivity contribution in [2.45, 2.75) is 13.8 Å². The van der Waals surface area contributed by atoms with Gasteiger partial charge < -0.3 is 26.0 Å². The lowest BCUT2D eigenvalue weighted by molar-refractivity contribution is 0.102. The Balaban J connectivity index is 1.48. The molecule has 0 saturated carbocycles. The minimum Gasteiger partial charge on any atom is -0.497 e. The van der Waals surface area contributed by atoms with Crippen LogP contribution in [-0.2, 0) is 0 Å². The third kappa shape index (κ3) is 7.34. The smallest absolute Gasteiger partial charge is 0.321 e. The zero-order valence-corrected chi connectivity index (χ0v) is 24.2. The molecule has 10 nitrogen and oxygen atoms in total. The summed E-state index contributed by atoms with van der Waals surface area (Å²) >= 11 is 2.31. The number of nitrogens with one attached hydrogen (secondary N) is 3. The number of amides is 3. The molecule has 0 spiro atoms. The number of likely N-dealkylation sites (N-methyl/N-ethyl adjacent to an activating group) is 1. The quantitative estimate of drug-likeness (QED) is 0.178. The van der Waals surface area contributed by atoms with Crippen molar-refractivity contribution in [2.75, 3.05) is 49.7 Å². The molecule has 4 aromatic rings. The van der Waals surface area contributed by atoms with Crippen molar-refractivity contribution in [2.24, 2.45) is 0 Å². The first-order chi connectivity index (χ1) is 19.7. The van der Waals surface area contributed by atoms with Crippen molar-refractivity contribution in [1.82, 2.24) is 20.2 Å². The van der Waals surface area contributed by atoms with Gasteiger partial charge in [-0.3, -0.25) is 10.1 Å². The topological polar surface area (TPSA) is 134 Å². The number of carbonyl (C=O) groups is 2. The Hall–Kier alpha value is -4.14. The lowest BCUT2D eigenvalue weighted by Crippen LogP contribution is -2.36. The average Bonchev–Trinajstić information content (AvgIpc) is 3.58. The van der Waals surface area contributed by atoms with Gasteiger partial charge in [0.05, 0.1) is 18.5 Å². The van der Waals surface area contributed by atoms with Gasteiger partial charge >= 0.3 is 6.03 Å². The molecule has 0 atom stereocenters. The molecule has 216 valence electrons. The van der Waals surface area contributed by atoms with Crippen molar-refractivity contribution < 1.29 is 23.1 Å². The zero-order chi connectivity index (χ0) is 29.5. The highest BCUT2D eigenvalue weighted by molar-refractivity contribution is 7.23. The number of benzene rings is 2. The van der Waals surface area contributed by atoms with Crippen LogP contribution in [-0.4, -0.2) is 60.1 Å². The molecule has 0 radical (unpaired) electrons. The van der Waals surface area contributed by atoms with Crippen LogP contribution in [0.3, 0.4) is 0 Å². The van der Waals surface area contributed by atoms with Crippen molar-refractivity contribution in [3.8, 4) is 26.9 Å². The van der Waals surface area contributed by atoms with E-state index in [1.807, 2.05) is 0 Å². The maximum atomic E-state index is 14.8. The second kappa shape index (κ2) is 13.5. The molecule has 2 aromatic carbocycles. The number of aromatic nitrogens is 2. The standard InChI is InChI=1S/C27H29F2N7O3S2/c1-4-36(5-2)10-9-31-26(38)35-27-34-23(30)22(41-27)25-33-21(14-40-25)17-12-20(19(29)13-18(17)28)32-24(37)15-7-6-8-16(11-15)39-3/h6-8,11-14H,4-5,9-10,30H2,1-3H3,(H,32,37)(H2,31,34,35,38). The van der Waals surface area contributed by atoms with E-state index in [0.717, 1.165) is 31.0 Å². The highest BCUT2D eigenvalue weighted by atomic mass is 32.1. The molecule has 14 heteroatoms. The lowest BCUT2D eigenvalue weighted by Gasteiger charge is -2.17. The second-order valence-corrected chi connectivity index (χ2v) is 10.5. The molecule has 0 bridgehead atoms. The number of thiazole rings is 2. The van der Waals surface area contributed by atoms with Crippen molar-refractivity contribution >= 4 is 51.2 Å². The van der Waals surface area contributed by atoms with Gasteiger partial charge in [0.25, 0.3) is 5.91 Å². The predicted molar refractivity (Wildman–Crippen MR) is 159 cm³/mol. The van der Waals surface area contributed by atoms with Crippen LogP contribution in [0.25, 0.3) is 21.1 Å². The summed E-state index contributed by atoms with van der Waals surface area (Å²) in [6.07, 6.45) is 0. The molecule has 3 amide bonds. The number of carbonyl (C=O) groups excluding carboxylic acids is 2. The summed E-state index contributed by atoms with van der Waals surface area (Å²) in [5.41, 5.74) is 6.33. The number of nitrogen functional groups attached to an aromatic ring is 1. The first-order valence-electron chi connectivity index (χ1n) is 12.7. The lowest BCUT2D eigenvalue weighted by atomic mass is 10.1. The molecule has 2 heterocycles. The Bertz CT molecular complexity index is 1540. The minimum absolute atomic E-state index is 0.0103. The SMILES string of the molecule is CCN(CC)CCNC(=O)Nc1nc(N)c(-c2nc(-c3cc(NC(=O)c4cccc(OC)c4)c(F)cc3F)cs2)s1. The number of nitrogens with two attached hydrogens (primary N) is 1. The van der Waals surface area contributed by atoms with Crippen molar-refractivity contribution in [3.63, 3.8) is 0 Å². The van der Waals surface area contributed by atoms with Crippen LogP contribution >= 0.6 is 22.7 Å². The molecule has 0 aliphatic rings. The first kappa shape index (κ1) is 29.8. The first-order valence-corrected chi connectivity index (χ1v) is 14.4. The fourth-order valence-corrected chi connectivity index (χ4v) is 5.65. The van der Waals surface area contributed by atoms with Crippen LogP contribution in [0.5, 0.6) is 5.75 Å². The summed E-state index contributed by atoms with van der Waals surface area (Å²) in [5, 5.41) is 10.2. The summed E-state index contributed by atoms with van der Waals surface area (Å²) in [6.45, 7) is 7.09. The summed E-state index contributed by atoms with van der Waals surface area (Å²) in [7, 11) is 1.47. The summed E-state index contributed by atoms with van der Waals surface area (Å²) < 4.78 is 34.5. The Morgan fingerprint density at radius 1 is 1.07 bits per heavy atom. The van der Waals surface area contributed by atoms with E-state index < -0.39 is 23.6 Å². The molecule has 0 aliphatic heterocycles. The highest BCUT2D eigenvalue weighted by Crippen LogP contribution is 2.39. The maximum absolute atomic E-state index is 14.8. The number of ether oxygens (including phenoxy) is 1. The number of hydrogen-bond acceptors (Lipinski definition) is 9. The summed E-state index contributed by atoms with van der Waals surface area (Å²) in [6, 6.07) is 7.82. The molecule has 0 saturated heterocycles. The van der Waals surface area contributed by atoms with Gasteiger partial charge in [-0.05, 0) is 37.4 Å². The molecular weight excluding hydrogens is 572 g/mol. The van der Waals surface area contributed by atoms with Crippen LogP contribution < -0.4 is 26.4 Å². The molecular formula is C27H29F2N7O3S2. The van der Waals surface area contributed by atoms with Gasteiger partial charge in [-0.2, -0.15) is 0 Å². The van der Waals surface area contributed by atoms with E-state index in [9.17, 15) is 18.4 Å². The normalized spacial score (nSPS) is 11.0. The van der Waals surface area contributed by atoms with Gasteiger partial charge in [-0.1, -0.05) is 31.3 Å². The van der Waals surface area contributed by atoms with Gasteiger partial charge in [0.2, 0.25) is 0 Å². The average molecular weight is 602 g/mol. The molecule has 2 aromatic heterocycles. The molecule has 41 heavy (non-hydrogen) atoms. The predicted octanol–water partition coefficient (Wildman–Crippen LogP) is 5.52. The van der Waals surface area contributed by atoms with Gasteiger partial charge in [0.1, 0.15) is 33.1 Å². The molecule has 5 N–H and O–H groups in total. The van der Waals surface area contributed by atoms with E-state index >= 15 is 0 Å². The zero-order valence-electron chi connectivity index (χ0n) is 22.6. The monoisotopic (exact) mass is 601 g/mol. The second-order valence-electron chi connectivity index (χ2n) is 8.68.